The predicted molar refractivity (Wildman–Crippen MR) is 65.1 cm³/mol. The maximum absolute atomic E-state index is 10.8. The van der Waals surface area contributed by atoms with Crippen molar-refractivity contribution < 1.29 is 9.66 Å². The molecule has 18 heavy (non-hydrogen) atoms. The van der Waals surface area contributed by atoms with Crippen molar-refractivity contribution in [3.05, 3.63) is 16.3 Å². The van der Waals surface area contributed by atoms with E-state index in [0.29, 0.717) is 12.5 Å². The van der Waals surface area contributed by atoms with Gasteiger partial charge >= 0.3 is 5.69 Å². The van der Waals surface area contributed by atoms with Gasteiger partial charge in [0.15, 0.2) is 0 Å². The van der Waals surface area contributed by atoms with E-state index in [1.807, 2.05) is 0 Å². The Kier molecular flexibility index (Phi) is 3.88. The van der Waals surface area contributed by atoms with E-state index >= 15 is 0 Å². The summed E-state index contributed by atoms with van der Waals surface area (Å²) in [5.74, 6) is 0.703. The molecule has 0 spiro atoms. The van der Waals surface area contributed by atoms with Crippen molar-refractivity contribution in [1.29, 1.82) is 0 Å². The first kappa shape index (κ1) is 12.5. The third-order valence-corrected chi connectivity index (χ3v) is 2.85. The Hall–Kier alpha value is -1.96. The van der Waals surface area contributed by atoms with Gasteiger partial charge in [-0.3, -0.25) is 10.1 Å². The van der Waals surface area contributed by atoms with Gasteiger partial charge in [-0.25, -0.2) is 4.98 Å². The van der Waals surface area contributed by atoms with Crippen molar-refractivity contribution in [2.24, 2.45) is 5.92 Å². The summed E-state index contributed by atoms with van der Waals surface area (Å²) in [4.78, 5) is 17.7. The Morgan fingerprint density at radius 3 is 3.17 bits per heavy atom. The highest BCUT2D eigenvalue weighted by Crippen LogP contribution is 2.22. The first-order valence-corrected chi connectivity index (χ1v) is 5.75. The summed E-state index contributed by atoms with van der Waals surface area (Å²) in [6.07, 6.45) is 3.04. The molecule has 1 aromatic heterocycles. The van der Waals surface area contributed by atoms with Crippen molar-refractivity contribution in [2.75, 3.05) is 30.8 Å². The van der Waals surface area contributed by atoms with E-state index in [-0.39, 0.29) is 17.5 Å². The van der Waals surface area contributed by atoms with Gasteiger partial charge in [0, 0.05) is 19.8 Å². The highest BCUT2D eigenvalue weighted by molar-refractivity contribution is 5.56. The van der Waals surface area contributed by atoms with Gasteiger partial charge in [0.1, 0.15) is 6.20 Å². The van der Waals surface area contributed by atoms with Crippen LogP contribution in [-0.4, -0.2) is 34.6 Å². The van der Waals surface area contributed by atoms with Crippen LogP contribution in [0.15, 0.2) is 6.20 Å². The predicted octanol–water partition coefficient (Wildman–Crippen LogP) is 0.805. The second-order valence-electron chi connectivity index (χ2n) is 4.16. The summed E-state index contributed by atoms with van der Waals surface area (Å²) in [6, 6.07) is 0. The number of nitrogens with two attached hydrogens (primary N) is 1. The van der Waals surface area contributed by atoms with E-state index in [4.69, 9.17) is 10.5 Å². The number of nitrogens with one attached hydrogen (secondary N) is 1. The van der Waals surface area contributed by atoms with Crippen LogP contribution in [0.2, 0.25) is 0 Å². The highest BCUT2D eigenvalue weighted by Gasteiger charge is 2.18. The molecule has 8 heteroatoms. The molecule has 1 atom stereocenters. The summed E-state index contributed by atoms with van der Waals surface area (Å²) < 4.78 is 5.26. The van der Waals surface area contributed by atoms with Crippen LogP contribution < -0.4 is 11.1 Å². The van der Waals surface area contributed by atoms with E-state index < -0.39 is 4.92 Å². The molecule has 1 fully saturated rings. The summed E-state index contributed by atoms with van der Waals surface area (Å²) in [6.45, 7) is 2.16. The summed E-state index contributed by atoms with van der Waals surface area (Å²) in [5.41, 5.74) is 5.26. The first-order valence-electron chi connectivity index (χ1n) is 5.75. The van der Waals surface area contributed by atoms with Gasteiger partial charge in [-0.15, -0.1) is 0 Å². The number of nitrogen functional groups attached to an aromatic ring is 1. The third-order valence-electron chi connectivity index (χ3n) is 2.85. The van der Waals surface area contributed by atoms with Crippen LogP contribution in [0.1, 0.15) is 12.8 Å². The average molecular weight is 253 g/mol. The zero-order valence-corrected chi connectivity index (χ0v) is 9.83. The summed E-state index contributed by atoms with van der Waals surface area (Å²) >= 11 is 0. The Balaban J connectivity index is 1.94. The van der Waals surface area contributed by atoms with Crippen LogP contribution in [0.25, 0.3) is 0 Å². The van der Waals surface area contributed by atoms with Gasteiger partial charge < -0.3 is 15.8 Å². The van der Waals surface area contributed by atoms with E-state index in [1.165, 1.54) is 0 Å². The fourth-order valence-corrected chi connectivity index (χ4v) is 1.86. The maximum Gasteiger partial charge on any atom is 0.329 e. The lowest BCUT2D eigenvalue weighted by molar-refractivity contribution is -0.384. The zero-order chi connectivity index (χ0) is 13.0. The quantitative estimate of drug-likeness (QED) is 0.589. The van der Waals surface area contributed by atoms with Crippen LogP contribution in [0, 0.1) is 16.0 Å². The summed E-state index contributed by atoms with van der Waals surface area (Å²) in [5, 5.41) is 13.7. The molecule has 0 aliphatic carbocycles. The minimum Gasteiger partial charge on any atom is -0.381 e. The number of aromatic nitrogens is 2. The molecule has 2 rings (SSSR count). The third kappa shape index (κ3) is 3.04. The lowest BCUT2D eigenvalue weighted by Crippen LogP contribution is -2.12. The van der Waals surface area contributed by atoms with Crippen LogP contribution in [-0.2, 0) is 4.74 Å². The van der Waals surface area contributed by atoms with E-state index in [2.05, 4.69) is 15.3 Å². The molecule has 1 aliphatic rings. The first-order chi connectivity index (χ1) is 8.66. The maximum atomic E-state index is 10.8. The number of ether oxygens (including phenoxy) is 1. The number of rotatable bonds is 5. The number of nitro groups is 1. The lowest BCUT2D eigenvalue weighted by atomic mass is 10.1. The molecule has 0 bridgehead atoms. The molecule has 3 N–H and O–H groups in total. The molecule has 98 valence electrons. The van der Waals surface area contributed by atoms with Crippen molar-refractivity contribution in [3.8, 4) is 0 Å². The molecular formula is C10H15N5O3. The Bertz CT molecular complexity index is 434. The van der Waals surface area contributed by atoms with E-state index in [0.717, 1.165) is 32.3 Å². The second-order valence-corrected chi connectivity index (χ2v) is 4.16. The van der Waals surface area contributed by atoms with Crippen molar-refractivity contribution in [3.63, 3.8) is 0 Å². The molecule has 1 aliphatic heterocycles. The number of nitrogens with zero attached hydrogens (tertiary/aromatic N) is 3. The van der Waals surface area contributed by atoms with Crippen LogP contribution >= 0.6 is 0 Å². The largest absolute Gasteiger partial charge is 0.381 e. The molecule has 1 aromatic rings. The van der Waals surface area contributed by atoms with E-state index in [9.17, 15) is 10.1 Å². The molecule has 8 nitrogen and oxygen atoms in total. The topological polar surface area (TPSA) is 116 Å². The number of anilines is 2. The highest BCUT2D eigenvalue weighted by atomic mass is 16.6. The Morgan fingerprint density at radius 2 is 2.50 bits per heavy atom. The van der Waals surface area contributed by atoms with Crippen LogP contribution in [0.5, 0.6) is 0 Å². The van der Waals surface area contributed by atoms with Gasteiger partial charge in [0.2, 0.25) is 11.8 Å². The van der Waals surface area contributed by atoms with Crippen molar-refractivity contribution >= 4 is 17.5 Å². The Morgan fingerprint density at radius 1 is 1.67 bits per heavy atom. The van der Waals surface area contributed by atoms with Gasteiger partial charge in [-0.05, 0) is 18.8 Å². The Labute approximate surface area is 104 Å². The zero-order valence-electron chi connectivity index (χ0n) is 9.83. The number of hydrogen-bond acceptors (Lipinski definition) is 7. The van der Waals surface area contributed by atoms with Gasteiger partial charge in [-0.1, -0.05) is 0 Å². The van der Waals surface area contributed by atoms with Gasteiger partial charge in [-0.2, -0.15) is 4.98 Å². The fraction of sp³-hybridized carbons (Fsp3) is 0.600. The minimum atomic E-state index is -0.527. The van der Waals surface area contributed by atoms with Crippen molar-refractivity contribution in [2.45, 2.75) is 12.8 Å². The molecule has 0 amide bonds. The SMILES string of the molecule is Nc1ncc([N+](=O)[O-])c(NCCC2CCOC2)n1. The van der Waals surface area contributed by atoms with Gasteiger partial charge in [0.05, 0.1) is 4.92 Å². The van der Waals surface area contributed by atoms with Crippen molar-refractivity contribution in [1.82, 2.24) is 9.97 Å². The molecule has 1 unspecified atom stereocenters. The number of hydrogen-bond donors (Lipinski definition) is 2. The average Bonchev–Trinajstić information content (AvgIpc) is 2.82. The molecule has 2 heterocycles. The van der Waals surface area contributed by atoms with Crippen LogP contribution in [0.4, 0.5) is 17.5 Å². The van der Waals surface area contributed by atoms with Gasteiger partial charge in [0.25, 0.3) is 0 Å². The van der Waals surface area contributed by atoms with E-state index in [1.54, 1.807) is 0 Å². The standard InChI is InChI=1S/C10H15N5O3/c11-10-13-5-8(15(16)17)9(14-10)12-3-1-7-2-4-18-6-7/h5,7H,1-4,6H2,(H3,11,12,13,14). The molecule has 1 saturated heterocycles. The fourth-order valence-electron chi connectivity index (χ4n) is 1.86. The molecular weight excluding hydrogens is 238 g/mol. The smallest absolute Gasteiger partial charge is 0.329 e. The van der Waals surface area contributed by atoms with Crippen LogP contribution in [0.3, 0.4) is 0 Å². The minimum absolute atomic E-state index is 0.0206. The molecule has 0 radical (unpaired) electrons. The second kappa shape index (κ2) is 5.58. The molecule has 0 saturated carbocycles. The normalized spacial score (nSPS) is 18.8. The summed E-state index contributed by atoms with van der Waals surface area (Å²) in [7, 11) is 0. The molecule has 0 aromatic carbocycles. The monoisotopic (exact) mass is 253 g/mol. The lowest BCUT2D eigenvalue weighted by Gasteiger charge is -2.09.